The first-order valence-electron chi connectivity index (χ1n) is 5.61. The predicted molar refractivity (Wildman–Crippen MR) is 60.7 cm³/mol. The summed E-state index contributed by atoms with van der Waals surface area (Å²) in [5.41, 5.74) is 0.822. The summed E-state index contributed by atoms with van der Waals surface area (Å²) >= 11 is 0. The van der Waals surface area contributed by atoms with Gasteiger partial charge >= 0.3 is 0 Å². The molecular formula is C11H14N4O3. The highest BCUT2D eigenvalue weighted by molar-refractivity contribution is 5.77. The van der Waals surface area contributed by atoms with Crippen LogP contribution in [0, 0.1) is 13.8 Å². The number of carbonyl (C=O) groups excluding carboxylic acids is 1. The average molecular weight is 250 g/mol. The zero-order chi connectivity index (χ0) is 13.0. The number of nitrogens with zero attached hydrogens (tertiary/aromatic N) is 3. The van der Waals surface area contributed by atoms with E-state index >= 15 is 0 Å². The van der Waals surface area contributed by atoms with Crippen molar-refractivity contribution in [2.45, 2.75) is 26.7 Å². The van der Waals surface area contributed by atoms with Gasteiger partial charge in [0.15, 0.2) is 5.82 Å². The number of carbonyl (C=O) groups is 1. The molecule has 7 nitrogen and oxygen atoms in total. The number of hydrogen-bond acceptors (Lipinski definition) is 6. The van der Waals surface area contributed by atoms with Crippen molar-refractivity contribution in [1.82, 2.24) is 20.6 Å². The SMILES string of the molecule is Cc1cc(CCNC(=O)Cc2noc(C)n2)no1. The third kappa shape index (κ3) is 3.41. The molecule has 2 rings (SSSR count). The molecule has 2 heterocycles. The van der Waals surface area contributed by atoms with E-state index in [0.29, 0.717) is 24.7 Å². The summed E-state index contributed by atoms with van der Waals surface area (Å²) in [7, 11) is 0. The molecule has 0 unspecified atom stereocenters. The first-order valence-corrected chi connectivity index (χ1v) is 5.61. The quantitative estimate of drug-likeness (QED) is 0.834. The molecule has 0 bridgehead atoms. The van der Waals surface area contributed by atoms with Crippen molar-refractivity contribution in [3.63, 3.8) is 0 Å². The molecule has 18 heavy (non-hydrogen) atoms. The van der Waals surface area contributed by atoms with Gasteiger partial charge in [-0.15, -0.1) is 0 Å². The van der Waals surface area contributed by atoms with Gasteiger partial charge in [-0.25, -0.2) is 0 Å². The van der Waals surface area contributed by atoms with Gasteiger partial charge in [-0.2, -0.15) is 4.98 Å². The van der Waals surface area contributed by atoms with Crippen LogP contribution in [0.15, 0.2) is 15.1 Å². The van der Waals surface area contributed by atoms with Gasteiger partial charge < -0.3 is 14.4 Å². The van der Waals surface area contributed by atoms with Gasteiger partial charge in [0.25, 0.3) is 0 Å². The number of nitrogens with one attached hydrogen (secondary N) is 1. The number of aryl methyl sites for hydroxylation is 2. The molecular weight excluding hydrogens is 236 g/mol. The second-order valence-electron chi connectivity index (χ2n) is 3.94. The number of aromatic nitrogens is 3. The summed E-state index contributed by atoms with van der Waals surface area (Å²) in [6.45, 7) is 4.01. The number of rotatable bonds is 5. The molecule has 0 aliphatic rings. The second-order valence-corrected chi connectivity index (χ2v) is 3.94. The van der Waals surface area contributed by atoms with Gasteiger partial charge in [-0.3, -0.25) is 4.79 Å². The standard InChI is InChI=1S/C11H14N4O3/c1-7-5-9(14-17-7)3-4-12-11(16)6-10-13-8(2)18-15-10/h5H,3-4,6H2,1-2H3,(H,12,16). The molecule has 0 atom stereocenters. The maximum atomic E-state index is 11.5. The highest BCUT2D eigenvalue weighted by Gasteiger charge is 2.09. The van der Waals surface area contributed by atoms with E-state index in [0.717, 1.165) is 11.5 Å². The second kappa shape index (κ2) is 5.44. The van der Waals surface area contributed by atoms with Crippen LogP contribution in [0.3, 0.4) is 0 Å². The Balaban J connectivity index is 1.72. The van der Waals surface area contributed by atoms with Gasteiger partial charge in [0.1, 0.15) is 5.76 Å². The van der Waals surface area contributed by atoms with Crippen molar-refractivity contribution in [2.24, 2.45) is 0 Å². The van der Waals surface area contributed by atoms with Crippen LogP contribution >= 0.6 is 0 Å². The average Bonchev–Trinajstić information content (AvgIpc) is 2.88. The van der Waals surface area contributed by atoms with Crippen LogP contribution in [-0.2, 0) is 17.6 Å². The minimum absolute atomic E-state index is 0.120. The summed E-state index contributed by atoms with van der Waals surface area (Å²) in [5.74, 6) is 1.47. The maximum Gasteiger partial charge on any atom is 0.227 e. The van der Waals surface area contributed by atoms with Crippen LogP contribution in [0.5, 0.6) is 0 Å². The summed E-state index contributed by atoms with van der Waals surface area (Å²) in [4.78, 5) is 15.5. The molecule has 0 spiro atoms. The monoisotopic (exact) mass is 250 g/mol. The van der Waals surface area contributed by atoms with Crippen molar-refractivity contribution in [2.75, 3.05) is 6.54 Å². The molecule has 0 aliphatic carbocycles. The lowest BCUT2D eigenvalue weighted by atomic mass is 10.3. The van der Waals surface area contributed by atoms with Gasteiger partial charge in [0.2, 0.25) is 11.8 Å². The van der Waals surface area contributed by atoms with E-state index in [9.17, 15) is 4.79 Å². The van der Waals surface area contributed by atoms with Crippen LogP contribution in [0.2, 0.25) is 0 Å². The van der Waals surface area contributed by atoms with Crippen molar-refractivity contribution in [3.8, 4) is 0 Å². The van der Waals surface area contributed by atoms with E-state index in [4.69, 9.17) is 9.05 Å². The fraction of sp³-hybridized carbons (Fsp3) is 0.455. The molecule has 0 aliphatic heterocycles. The Kier molecular flexibility index (Phi) is 3.71. The molecule has 0 saturated heterocycles. The van der Waals surface area contributed by atoms with E-state index < -0.39 is 0 Å². The van der Waals surface area contributed by atoms with Crippen LogP contribution in [0.1, 0.15) is 23.2 Å². The minimum atomic E-state index is -0.143. The summed E-state index contributed by atoms with van der Waals surface area (Å²) < 4.78 is 9.70. The number of amides is 1. The fourth-order valence-electron chi connectivity index (χ4n) is 1.48. The van der Waals surface area contributed by atoms with E-state index in [2.05, 4.69) is 20.6 Å². The van der Waals surface area contributed by atoms with Crippen LogP contribution in [-0.4, -0.2) is 27.7 Å². The van der Waals surface area contributed by atoms with Gasteiger partial charge in [-0.1, -0.05) is 10.3 Å². The van der Waals surface area contributed by atoms with Crippen molar-refractivity contribution in [3.05, 3.63) is 29.2 Å². The Labute approximate surface area is 104 Å². The normalized spacial score (nSPS) is 10.6. The lowest BCUT2D eigenvalue weighted by Crippen LogP contribution is -2.27. The van der Waals surface area contributed by atoms with Crippen LogP contribution in [0.4, 0.5) is 0 Å². The Morgan fingerprint density at radius 2 is 2.17 bits per heavy atom. The Bertz CT molecular complexity index is 532. The summed E-state index contributed by atoms with van der Waals surface area (Å²) in [6, 6.07) is 1.84. The molecule has 96 valence electrons. The van der Waals surface area contributed by atoms with E-state index in [1.54, 1.807) is 6.92 Å². The lowest BCUT2D eigenvalue weighted by Gasteiger charge is -2.00. The van der Waals surface area contributed by atoms with Crippen molar-refractivity contribution >= 4 is 5.91 Å². The zero-order valence-electron chi connectivity index (χ0n) is 10.3. The highest BCUT2D eigenvalue weighted by Crippen LogP contribution is 2.01. The highest BCUT2D eigenvalue weighted by atomic mass is 16.5. The van der Waals surface area contributed by atoms with Crippen LogP contribution < -0.4 is 5.32 Å². The predicted octanol–water partition coefficient (Wildman–Crippen LogP) is 0.576. The molecule has 7 heteroatoms. The first-order chi connectivity index (χ1) is 8.63. The third-order valence-electron chi connectivity index (χ3n) is 2.27. The molecule has 1 N–H and O–H groups in total. The van der Waals surface area contributed by atoms with Gasteiger partial charge in [-0.05, 0) is 6.92 Å². The molecule has 2 aromatic rings. The van der Waals surface area contributed by atoms with Crippen molar-refractivity contribution < 1.29 is 13.8 Å². The lowest BCUT2D eigenvalue weighted by molar-refractivity contribution is -0.120. The fourth-order valence-corrected chi connectivity index (χ4v) is 1.48. The molecule has 2 aromatic heterocycles. The molecule has 0 aromatic carbocycles. The summed E-state index contributed by atoms with van der Waals surface area (Å²) in [6.07, 6.45) is 0.754. The number of hydrogen-bond donors (Lipinski definition) is 1. The Morgan fingerprint density at radius 3 is 2.78 bits per heavy atom. The minimum Gasteiger partial charge on any atom is -0.361 e. The smallest absolute Gasteiger partial charge is 0.227 e. The zero-order valence-corrected chi connectivity index (χ0v) is 10.3. The molecule has 0 saturated carbocycles. The van der Waals surface area contributed by atoms with Gasteiger partial charge in [0, 0.05) is 26.0 Å². The van der Waals surface area contributed by atoms with E-state index in [1.165, 1.54) is 0 Å². The first kappa shape index (κ1) is 12.3. The van der Waals surface area contributed by atoms with Gasteiger partial charge in [0.05, 0.1) is 12.1 Å². The largest absolute Gasteiger partial charge is 0.361 e. The maximum absolute atomic E-state index is 11.5. The molecule has 1 amide bonds. The van der Waals surface area contributed by atoms with Crippen LogP contribution in [0.25, 0.3) is 0 Å². The van der Waals surface area contributed by atoms with E-state index in [-0.39, 0.29) is 12.3 Å². The molecule has 0 radical (unpaired) electrons. The molecule has 0 fully saturated rings. The Hall–Kier alpha value is -2.18. The Morgan fingerprint density at radius 1 is 1.33 bits per heavy atom. The summed E-state index contributed by atoms with van der Waals surface area (Å²) in [5, 5.41) is 10.2. The third-order valence-corrected chi connectivity index (χ3v) is 2.27. The van der Waals surface area contributed by atoms with Crippen molar-refractivity contribution in [1.29, 1.82) is 0 Å². The van der Waals surface area contributed by atoms with E-state index in [1.807, 2.05) is 13.0 Å². The topological polar surface area (TPSA) is 94.1 Å².